The van der Waals surface area contributed by atoms with Gasteiger partial charge in [0.1, 0.15) is 5.78 Å². The van der Waals surface area contributed by atoms with Crippen molar-refractivity contribution in [2.24, 2.45) is 16.7 Å². The molecule has 0 aromatic carbocycles. The molecule has 1 unspecified atom stereocenters. The van der Waals surface area contributed by atoms with Gasteiger partial charge in [0.05, 0.1) is 15.9 Å². The van der Waals surface area contributed by atoms with Gasteiger partial charge < -0.3 is 4.55 Å². The zero-order valence-corrected chi connectivity index (χ0v) is 12.8. The zero-order chi connectivity index (χ0) is 11.5. The van der Waals surface area contributed by atoms with Crippen LogP contribution in [0.15, 0.2) is 0 Å². The predicted molar refractivity (Wildman–Crippen MR) is 53.1 cm³/mol. The zero-order valence-electron chi connectivity index (χ0n) is 9.95. The summed E-state index contributed by atoms with van der Waals surface area (Å²) in [4.78, 5) is 11.8. The quantitative estimate of drug-likeness (QED) is 0.419. The maximum Gasteiger partial charge on any atom is 1.00 e. The third-order valence-electron chi connectivity index (χ3n) is 4.56. The molecular formula is C10H15NaO4S. The van der Waals surface area contributed by atoms with Gasteiger partial charge in [-0.1, -0.05) is 13.8 Å². The fourth-order valence-electron chi connectivity index (χ4n) is 3.41. The van der Waals surface area contributed by atoms with Crippen molar-refractivity contribution in [3.63, 3.8) is 0 Å². The molecule has 0 aliphatic heterocycles. The van der Waals surface area contributed by atoms with Crippen LogP contribution >= 0.6 is 0 Å². The van der Waals surface area contributed by atoms with Crippen LogP contribution < -0.4 is 29.6 Å². The van der Waals surface area contributed by atoms with E-state index in [2.05, 4.69) is 0 Å². The molecule has 2 atom stereocenters. The molecule has 6 heteroatoms. The molecule has 0 N–H and O–H groups in total. The normalized spacial score (nSPS) is 36.2. The Morgan fingerprint density at radius 3 is 2.31 bits per heavy atom. The summed E-state index contributed by atoms with van der Waals surface area (Å²) in [5, 5.41) is 0. The topological polar surface area (TPSA) is 74.3 Å². The third kappa shape index (κ3) is 1.90. The summed E-state index contributed by atoms with van der Waals surface area (Å²) >= 11 is 0. The van der Waals surface area contributed by atoms with Crippen molar-refractivity contribution in [3.05, 3.63) is 0 Å². The van der Waals surface area contributed by atoms with Crippen molar-refractivity contribution in [1.82, 2.24) is 0 Å². The molecule has 2 aliphatic rings. The Morgan fingerprint density at radius 2 is 2.00 bits per heavy atom. The second-order valence-electron chi connectivity index (χ2n) is 5.37. The minimum atomic E-state index is -4.33. The molecule has 2 fully saturated rings. The van der Waals surface area contributed by atoms with Crippen molar-refractivity contribution in [2.75, 3.05) is 5.75 Å². The second kappa shape index (κ2) is 4.05. The Morgan fingerprint density at radius 1 is 1.44 bits per heavy atom. The number of ketones is 1. The summed E-state index contributed by atoms with van der Waals surface area (Å²) < 4.78 is 32.7. The Labute approximate surface area is 118 Å². The largest absolute Gasteiger partial charge is 1.00 e. The maximum absolute atomic E-state index is 11.8. The van der Waals surface area contributed by atoms with Crippen LogP contribution in [0.3, 0.4) is 0 Å². The average Bonchev–Trinajstić information content (AvgIpc) is 2.34. The monoisotopic (exact) mass is 254 g/mol. The molecule has 0 heterocycles. The van der Waals surface area contributed by atoms with Crippen molar-refractivity contribution < 1.29 is 47.3 Å². The molecule has 2 saturated carbocycles. The Bertz CT molecular complexity index is 415. The van der Waals surface area contributed by atoms with E-state index in [4.69, 9.17) is 0 Å². The minimum Gasteiger partial charge on any atom is -0.748 e. The number of fused-ring (bicyclic) bond motifs is 2. The second-order valence-corrected chi connectivity index (χ2v) is 6.77. The maximum atomic E-state index is 11.8. The molecule has 0 radical (unpaired) electrons. The number of hydrogen-bond donors (Lipinski definition) is 0. The summed E-state index contributed by atoms with van der Waals surface area (Å²) in [6.07, 6.45) is 1.88. The van der Waals surface area contributed by atoms with Gasteiger partial charge in [0.15, 0.2) is 0 Å². The molecule has 0 saturated heterocycles. The summed E-state index contributed by atoms with van der Waals surface area (Å²) in [6, 6.07) is 0. The fourth-order valence-corrected chi connectivity index (χ4v) is 4.69. The number of carbonyl (C=O) groups excluding carboxylic acids is 1. The first-order valence-corrected chi connectivity index (χ1v) is 6.74. The Balaban J connectivity index is 0.00000128. The van der Waals surface area contributed by atoms with Crippen LogP contribution in [0.2, 0.25) is 0 Å². The van der Waals surface area contributed by atoms with Crippen LogP contribution in [-0.4, -0.2) is 24.5 Å². The summed E-state index contributed by atoms with van der Waals surface area (Å²) in [5.41, 5.74) is -1.22. The van der Waals surface area contributed by atoms with E-state index in [1.165, 1.54) is 0 Å². The Kier molecular flexibility index (Phi) is 3.71. The van der Waals surface area contributed by atoms with Gasteiger partial charge in [-0.15, -0.1) is 0 Å². The predicted octanol–water partition coefficient (Wildman–Crippen LogP) is -2.07. The molecule has 0 spiro atoms. The van der Waals surface area contributed by atoms with Crippen LogP contribution in [0.4, 0.5) is 0 Å². The van der Waals surface area contributed by atoms with Gasteiger partial charge in [0, 0.05) is 11.8 Å². The molecular weight excluding hydrogens is 239 g/mol. The third-order valence-corrected chi connectivity index (χ3v) is 5.41. The summed E-state index contributed by atoms with van der Waals surface area (Å²) in [5.74, 6) is -0.280. The SMILES string of the molecule is CC1(C)C2CC[C@]1(CS(=O)(=O)[O-])C(=O)C2.[Na+]. The van der Waals surface area contributed by atoms with Gasteiger partial charge in [0.2, 0.25) is 0 Å². The van der Waals surface area contributed by atoms with E-state index in [1.54, 1.807) is 0 Å². The van der Waals surface area contributed by atoms with Crippen molar-refractivity contribution in [1.29, 1.82) is 0 Å². The molecule has 2 rings (SSSR count). The molecule has 0 aromatic heterocycles. The van der Waals surface area contributed by atoms with Gasteiger partial charge >= 0.3 is 29.6 Å². The minimum absolute atomic E-state index is 0. The molecule has 2 bridgehead atoms. The van der Waals surface area contributed by atoms with Crippen molar-refractivity contribution in [3.8, 4) is 0 Å². The van der Waals surface area contributed by atoms with Gasteiger partial charge in [-0.25, -0.2) is 8.42 Å². The van der Waals surface area contributed by atoms with Crippen LogP contribution in [0.1, 0.15) is 33.1 Å². The van der Waals surface area contributed by atoms with Crippen LogP contribution in [0, 0.1) is 16.7 Å². The summed E-state index contributed by atoms with van der Waals surface area (Å²) in [6.45, 7) is 3.83. The van der Waals surface area contributed by atoms with E-state index >= 15 is 0 Å². The molecule has 0 amide bonds. The molecule has 16 heavy (non-hydrogen) atoms. The molecule has 86 valence electrons. The van der Waals surface area contributed by atoms with Gasteiger partial charge in [-0.05, 0) is 24.2 Å². The first-order chi connectivity index (χ1) is 6.69. The van der Waals surface area contributed by atoms with E-state index in [9.17, 15) is 17.8 Å². The van der Waals surface area contributed by atoms with Gasteiger partial charge in [0.25, 0.3) is 0 Å². The first-order valence-electron chi connectivity index (χ1n) is 5.16. The average molecular weight is 254 g/mol. The fraction of sp³-hybridized carbons (Fsp3) is 0.900. The summed E-state index contributed by atoms with van der Waals surface area (Å²) in [7, 11) is -4.33. The van der Waals surface area contributed by atoms with Crippen LogP contribution in [0.25, 0.3) is 0 Å². The standard InChI is InChI=1S/C10H16O4S.Na/c1-9(2)7-3-4-10(9,8(11)5-7)6-15(12,13)14;/h7H,3-6H2,1-2H3,(H,12,13,14);/q;+1/p-1/t7?,10-;/m0./s1. The van der Waals surface area contributed by atoms with E-state index < -0.39 is 21.3 Å². The molecule has 2 aliphatic carbocycles. The van der Waals surface area contributed by atoms with Gasteiger partial charge in [-0.3, -0.25) is 4.79 Å². The molecule has 0 aromatic rings. The number of hydrogen-bond acceptors (Lipinski definition) is 4. The number of Topliss-reactive ketones (excluding diaryl/α,β-unsaturated/α-hetero) is 1. The first kappa shape index (κ1) is 14.6. The van der Waals surface area contributed by atoms with Crippen LogP contribution in [0.5, 0.6) is 0 Å². The van der Waals surface area contributed by atoms with E-state index in [0.29, 0.717) is 12.8 Å². The van der Waals surface area contributed by atoms with E-state index in [1.807, 2.05) is 13.8 Å². The van der Waals surface area contributed by atoms with Crippen molar-refractivity contribution >= 4 is 15.9 Å². The number of carbonyl (C=O) groups is 1. The van der Waals surface area contributed by atoms with E-state index in [0.717, 1.165) is 6.42 Å². The Hall–Kier alpha value is 0.580. The number of rotatable bonds is 2. The van der Waals surface area contributed by atoms with E-state index in [-0.39, 0.29) is 46.7 Å². The van der Waals surface area contributed by atoms with Gasteiger partial charge in [-0.2, -0.15) is 0 Å². The van der Waals surface area contributed by atoms with Crippen molar-refractivity contribution in [2.45, 2.75) is 33.1 Å². The molecule has 4 nitrogen and oxygen atoms in total. The van der Waals surface area contributed by atoms with Crippen LogP contribution in [-0.2, 0) is 14.9 Å². The smallest absolute Gasteiger partial charge is 0.748 e.